The van der Waals surface area contributed by atoms with Crippen molar-refractivity contribution in [3.05, 3.63) is 57.8 Å². The van der Waals surface area contributed by atoms with E-state index in [-0.39, 0.29) is 12.2 Å². The summed E-state index contributed by atoms with van der Waals surface area (Å²) < 4.78 is 0. The normalized spacial score (nSPS) is 12.8. The Balaban J connectivity index is 2.77. The third-order valence-corrected chi connectivity index (χ3v) is 3.53. The van der Waals surface area contributed by atoms with Crippen LogP contribution in [0.2, 0.25) is 5.02 Å². The van der Waals surface area contributed by atoms with Crippen molar-refractivity contribution in [2.24, 2.45) is 0 Å². The van der Waals surface area contributed by atoms with Gasteiger partial charge in [-0.3, -0.25) is 4.79 Å². The lowest BCUT2D eigenvalue weighted by Gasteiger charge is -2.06. The van der Waals surface area contributed by atoms with Gasteiger partial charge in [-0.25, -0.2) is 4.79 Å². The number of benzene rings is 1. The highest BCUT2D eigenvalue weighted by molar-refractivity contribution is 6.31. The van der Waals surface area contributed by atoms with Gasteiger partial charge in [0, 0.05) is 11.4 Å². The molecular weight excluding hydrogens is 292 g/mol. The standard InChI is InChI=1S/C16H17ClO4/c1-10(9-15(19)16(20)21)11(2)14(18)8-7-12-5-3-4-6-13(12)17/h3-6,9,19H,7-8H2,1-2H3,(H,20,21). The van der Waals surface area contributed by atoms with E-state index >= 15 is 0 Å². The van der Waals surface area contributed by atoms with Crippen LogP contribution >= 0.6 is 11.6 Å². The highest BCUT2D eigenvalue weighted by Crippen LogP contribution is 2.18. The van der Waals surface area contributed by atoms with E-state index in [1.165, 1.54) is 0 Å². The second kappa shape index (κ2) is 7.64. The van der Waals surface area contributed by atoms with Crippen LogP contribution < -0.4 is 0 Å². The third-order valence-electron chi connectivity index (χ3n) is 3.16. The van der Waals surface area contributed by atoms with Crippen molar-refractivity contribution < 1.29 is 19.8 Å². The van der Waals surface area contributed by atoms with Gasteiger partial charge in [0.25, 0.3) is 0 Å². The first-order valence-corrected chi connectivity index (χ1v) is 6.78. The molecule has 1 aromatic carbocycles. The lowest BCUT2D eigenvalue weighted by molar-refractivity contribution is -0.135. The summed E-state index contributed by atoms with van der Waals surface area (Å²) in [6, 6.07) is 7.30. The maximum absolute atomic E-state index is 12.1. The molecule has 0 bridgehead atoms. The summed E-state index contributed by atoms with van der Waals surface area (Å²) in [6.07, 6.45) is 1.86. The third kappa shape index (κ3) is 5.08. The van der Waals surface area contributed by atoms with Crippen molar-refractivity contribution in [3.8, 4) is 0 Å². The summed E-state index contributed by atoms with van der Waals surface area (Å²) in [5, 5.41) is 18.4. The number of allylic oxidation sites excluding steroid dienone is 3. The molecule has 0 saturated carbocycles. The zero-order valence-electron chi connectivity index (χ0n) is 11.9. The first-order valence-electron chi connectivity index (χ1n) is 6.41. The Morgan fingerprint density at radius 3 is 2.38 bits per heavy atom. The molecule has 112 valence electrons. The highest BCUT2D eigenvalue weighted by Gasteiger charge is 2.11. The van der Waals surface area contributed by atoms with E-state index in [0.717, 1.165) is 11.6 Å². The van der Waals surface area contributed by atoms with Gasteiger partial charge in [0.2, 0.25) is 5.76 Å². The highest BCUT2D eigenvalue weighted by atomic mass is 35.5. The molecule has 0 saturated heterocycles. The number of aliphatic hydroxyl groups is 1. The van der Waals surface area contributed by atoms with Gasteiger partial charge in [-0.15, -0.1) is 0 Å². The fourth-order valence-corrected chi connectivity index (χ4v) is 1.96. The Labute approximate surface area is 128 Å². The van der Waals surface area contributed by atoms with Gasteiger partial charge in [-0.1, -0.05) is 29.8 Å². The molecule has 0 heterocycles. The van der Waals surface area contributed by atoms with Crippen LogP contribution in [0.4, 0.5) is 0 Å². The Hall–Kier alpha value is -2.07. The summed E-state index contributed by atoms with van der Waals surface area (Å²) in [4.78, 5) is 22.6. The second-order valence-electron chi connectivity index (χ2n) is 4.66. The van der Waals surface area contributed by atoms with Crippen LogP contribution in [0.3, 0.4) is 0 Å². The molecule has 0 aliphatic rings. The van der Waals surface area contributed by atoms with Crippen molar-refractivity contribution >= 4 is 23.4 Å². The lowest BCUT2D eigenvalue weighted by Crippen LogP contribution is -2.05. The fourth-order valence-electron chi connectivity index (χ4n) is 1.73. The largest absolute Gasteiger partial charge is 0.502 e. The molecule has 0 fully saturated rings. The molecule has 0 radical (unpaired) electrons. The van der Waals surface area contributed by atoms with E-state index in [2.05, 4.69) is 0 Å². The minimum absolute atomic E-state index is 0.109. The molecule has 1 aromatic rings. The zero-order chi connectivity index (χ0) is 16.0. The van der Waals surface area contributed by atoms with Crippen molar-refractivity contribution in [2.45, 2.75) is 26.7 Å². The van der Waals surface area contributed by atoms with Crippen LogP contribution in [0, 0.1) is 0 Å². The number of Topliss-reactive ketones (excluding diaryl/α,β-unsaturated/α-hetero) is 1. The first kappa shape index (κ1) is 17.0. The summed E-state index contributed by atoms with van der Waals surface area (Å²) in [6.45, 7) is 3.19. The molecule has 0 spiro atoms. The second-order valence-corrected chi connectivity index (χ2v) is 5.06. The number of hydrogen-bond acceptors (Lipinski definition) is 3. The van der Waals surface area contributed by atoms with Gasteiger partial charge in [0.15, 0.2) is 5.78 Å². The molecule has 5 heteroatoms. The number of hydrogen-bond donors (Lipinski definition) is 2. The topological polar surface area (TPSA) is 74.6 Å². The van der Waals surface area contributed by atoms with Crippen molar-refractivity contribution in [1.29, 1.82) is 0 Å². The SMILES string of the molecule is CC(C=C(O)C(=O)O)=C(C)C(=O)CCc1ccccc1Cl. The summed E-state index contributed by atoms with van der Waals surface area (Å²) >= 11 is 6.02. The monoisotopic (exact) mass is 308 g/mol. The predicted octanol–water partition coefficient (Wildman–Crippen LogP) is 3.70. The summed E-state index contributed by atoms with van der Waals surface area (Å²) in [7, 11) is 0. The van der Waals surface area contributed by atoms with E-state index in [9.17, 15) is 14.7 Å². The first-order chi connectivity index (χ1) is 9.82. The number of aliphatic hydroxyl groups excluding tert-OH is 1. The van der Waals surface area contributed by atoms with Crippen LogP contribution in [0.5, 0.6) is 0 Å². The van der Waals surface area contributed by atoms with E-state index in [4.69, 9.17) is 16.7 Å². The van der Waals surface area contributed by atoms with Crippen LogP contribution in [0.15, 0.2) is 47.2 Å². The van der Waals surface area contributed by atoms with E-state index in [1.54, 1.807) is 19.9 Å². The average molecular weight is 309 g/mol. The summed E-state index contributed by atoms with van der Waals surface area (Å²) in [5.74, 6) is -2.32. The number of aryl methyl sites for hydroxylation is 1. The number of aliphatic carboxylic acids is 1. The fraction of sp³-hybridized carbons (Fsp3) is 0.250. The maximum atomic E-state index is 12.1. The van der Waals surface area contributed by atoms with Gasteiger partial charge in [0.05, 0.1) is 0 Å². The Kier molecular flexibility index (Phi) is 6.18. The number of carboxylic acid groups (broad SMARTS) is 1. The molecule has 0 amide bonds. The summed E-state index contributed by atoms with van der Waals surface area (Å²) in [5.41, 5.74) is 1.75. The molecule has 0 atom stereocenters. The Morgan fingerprint density at radius 2 is 1.81 bits per heavy atom. The number of carbonyl (C=O) groups is 2. The van der Waals surface area contributed by atoms with Crippen molar-refractivity contribution in [2.75, 3.05) is 0 Å². The maximum Gasteiger partial charge on any atom is 0.370 e. The van der Waals surface area contributed by atoms with Gasteiger partial charge in [-0.2, -0.15) is 0 Å². The Bertz CT molecular complexity index is 614. The molecular formula is C16H17ClO4. The average Bonchev–Trinajstić information content (AvgIpc) is 2.44. The minimum Gasteiger partial charge on any atom is -0.502 e. The smallest absolute Gasteiger partial charge is 0.370 e. The van der Waals surface area contributed by atoms with Crippen LogP contribution in [0.25, 0.3) is 0 Å². The van der Waals surface area contributed by atoms with E-state index in [1.807, 2.05) is 18.2 Å². The van der Waals surface area contributed by atoms with Crippen LogP contribution in [-0.2, 0) is 16.0 Å². The molecule has 0 aliphatic carbocycles. The number of ketones is 1. The molecule has 4 nitrogen and oxygen atoms in total. The Morgan fingerprint density at radius 1 is 1.19 bits per heavy atom. The zero-order valence-corrected chi connectivity index (χ0v) is 12.6. The molecule has 21 heavy (non-hydrogen) atoms. The lowest BCUT2D eigenvalue weighted by atomic mass is 10.00. The molecule has 1 rings (SSSR count). The minimum atomic E-state index is -1.43. The van der Waals surface area contributed by atoms with Crippen LogP contribution in [0.1, 0.15) is 25.8 Å². The van der Waals surface area contributed by atoms with Crippen molar-refractivity contribution in [3.63, 3.8) is 0 Å². The number of carboxylic acids is 1. The van der Waals surface area contributed by atoms with E-state index in [0.29, 0.717) is 22.6 Å². The van der Waals surface area contributed by atoms with Gasteiger partial charge in [-0.05, 0) is 49.1 Å². The van der Waals surface area contributed by atoms with Gasteiger partial charge in [0.1, 0.15) is 0 Å². The predicted molar refractivity (Wildman–Crippen MR) is 81.5 cm³/mol. The van der Waals surface area contributed by atoms with E-state index < -0.39 is 11.7 Å². The molecule has 2 N–H and O–H groups in total. The van der Waals surface area contributed by atoms with Crippen LogP contribution in [-0.4, -0.2) is 22.0 Å². The van der Waals surface area contributed by atoms with Gasteiger partial charge < -0.3 is 10.2 Å². The number of carbonyl (C=O) groups excluding carboxylic acids is 1. The number of halogens is 1. The quantitative estimate of drug-likeness (QED) is 0.477. The molecule has 0 aromatic heterocycles. The molecule has 0 aliphatic heterocycles. The molecule has 0 unspecified atom stereocenters. The van der Waals surface area contributed by atoms with Crippen molar-refractivity contribution in [1.82, 2.24) is 0 Å². The van der Waals surface area contributed by atoms with Gasteiger partial charge >= 0.3 is 5.97 Å². The number of rotatable bonds is 6.